The predicted molar refractivity (Wildman–Crippen MR) is 120 cm³/mol. The molecule has 0 atom stereocenters. The smallest absolute Gasteiger partial charge is 0.261 e. The molecule has 1 amide bonds. The number of nitrogens with zero attached hydrogens (tertiary/aromatic N) is 1. The zero-order valence-corrected chi connectivity index (χ0v) is 19.2. The van der Waals surface area contributed by atoms with Crippen molar-refractivity contribution in [1.82, 2.24) is 4.98 Å². The van der Waals surface area contributed by atoms with E-state index in [1.165, 1.54) is 0 Å². The van der Waals surface area contributed by atoms with Crippen molar-refractivity contribution >= 4 is 27.5 Å². The second-order valence-corrected chi connectivity index (χ2v) is 7.66. The van der Waals surface area contributed by atoms with Gasteiger partial charge >= 0.3 is 0 Å². The van der Waals surface area contributed by atoms with E-state index in [1.807, 2.05) is 13.0 Å². The van der Waals surface area contributed by atoms with E-state index in [2.05, 4.69) is 61.1 Å². The quantitative estimate of drug-likeness (QED) is 0.503. The minimum atomic E-state index is -0.148. The molecule has 28 heavy (non-hydrogen) atoms. The maximum Gasteiger partial charge on any atom is 0.261 e. The highest BCUT2D eigenvalue weighted by Gasteiger charge is 2.21. The summed E-state index contributed by atoms with van der Waals surface area (Å²) in [5, 5.41) is 3.17. The van der Waals surface area contributed by atoms with Crippen molar-refractivity contribution in [2.45, 2.75) is 66.7 Å². The maximum absolute atomic E-state index is 13.4. The van der Waals surface area contributed by atoms with Crippen LogP contribution in [0.15, 0.2) is 22.7 Å². The average molecular weight is 447 g/mol. The van der Waals surface area contributed by atoms with E-state index in [1.54, 1.807) is 0 Å². The summed E-state index contributed by atoms with van der Waals surface area (Å²) >= 11 is 3.58. The molecule has 1 heterocycles. The second-order valence-electron chi connectivity index (χ2n) is 6.75. The van der Waals surface area contributed by atoms with Gasteiger partial charge in [0.05, 0.1) is 12.3 Å². The second kappa shape index (κ2) is 10.6. The van der Waals surface area contributed by atoms with E-state index in [0.29, 0.717) is 24.3 Å². The van der Waals surface area contributed by atoms with Crippen LogP contribution >= 0.6 is 15.9 Å². The molecule has 1 aromatic heterocycles. The van der Waals surface area contributed by atoms with Gasteiger partial charge in [0.15, 0.2) is 0 Å². The van der Waals surface area contributed by atoms with Crippen LogP contribution in [0, 0.1) is 0 Å². The molecule has 2 aromatic rings. The number of hydrogen-bond acceptors (Lipinski definition) is 3. The normalized spacial score (nSPS) is 10.8. The number of benzene rings is 1. The summed E-state index contributed by atoms with van der Waals surface area (Å²) in [5.74, 6) is 0.487. The van der Waals surface area contributed by atoms with Crippen LogP contribution in [-0.2, 0) is 25.7 Å². The fourth-order valence-corrected chi connectivity index (χ4v) is 3.81. The van der Waals surface area contributed by atoms with Gasteiger partial charge in [0.1, 0.15) is 11.3 Å². The Bertz CT molecular complexity index is 809. The number of aryl methyl sites for hydroxylation is 4. The number of carbonyl (C=O) groups is 1. The van der Waals surface area contributed by atoms with Crippen LogP contribution in [0.2, 0.25) is 0 Å². The molecule has 0 spiro atoms. The van der Waals surface area contributed by atoms with Crippen molar-refractivity contribution in [3.8, 4) is 5.75 Å². The van der Waals surface area contributed by atoms with Gasteiger partial charge in [-0.3, -0.25) is 9.78 Å². The van der Waals surface area contributed by atoms with Crippen molar-refractivity contribution in [1.29, 1.82) is 0 Å². The summed E-state index contributed by atoms with van der Waals surface area (Å²) in [6, 6.07) is 6.05. The molecular weight excluding hydrogens is 416 g/mol. The van der Waals surface area contributed by atoms with Crippen LogP contribution in [0.25, 0.3) is 0 Å². The molecular formula is C23H31BrN2O2. The number of rotatable bonds is 9. The van der Waals surface area contributed by atoms with E-state index in [0.717, 1.165) is 58.4 Å². The Balaban J connectivity index is 2.52. The van der Waals surface area contributed by atoms with Crippen molar-refractivity contribution in [2.75, 3.05) is 11.9 Å². The highest BCUT2D eigenvalue weighted by molar-refractivity contribution is 9.10. The fourth-order valence-electron chi connectivity index (χ4n) is 3.25. The van der Waals surface area contributed by atoms with Gasteiger partial charge < -0.3 is 10.1 Å². The molecule has 5 heteroatoms. The van der Waals surface area contributed by atoms with E-state index in [-0.39, 0.29) is 5.91 Å². The molecule has 1 aromatic carbocycles. The van der Waals surface area contributed by atoms with Gasteiger partial charge in [-0.25, -0.2) is 0 Å². The van der Waals surface area contributed by atoms with Crippen molar-refractivity contribution in [3.63, 3.8) is 0 Å². The third kappa shape index (κ3) is 5.13. The number of pyridine rings is 1. The number of anilines is 1. The Kier molecular flexibility index (Phi) is 8.49. The zero-order valence-electron chi connectivity index (χ0n) is 17.6. The molecule has 4 nitrogen and oxygen atoms in total. The monoisotopic (exact) mass is 446 g/mol. The van der Waals surface area contributed by atoms with Crippen LogP contribution in [0.1, 0.15) is 73.9 Å². The van der Waals surface area contributed by atoms with Crippen LogP contribution in [0.4, 0.5) is 5.69 Å². The number of hydrogen-bond donors (Lipinski definition) is 1. The topological polar surface area (TPSA) is 51.2 Å². The number of amides is 1. The van der Waals surface area contributed by atoms with E-state index >= 15 is 0 Å². The Morgan fingerprint density at radius 3 is 2.14 bits per heavy atom. The number of ether oxygens (including phenoxy) is 1. The molecule has 2 rings (SSSR count). The van der Waals surface area contributed by atoms with Gasteiger partial charge in [-0.2, -0.15) is 0 Å². The van der Waals surface area contributed by atoms with Crippen LogP contribution in [0.3, 0.4) is 0 Å². The van der Waals surface area contributed by atoms with Crippen LogP contribution < -0.4 is 10.1 Å². The molecule has 152 valence electrons. The molecule has 0 aliphatic carbocycles. The highest BCUT2D eigenvalue weighted by atomic mass is 79.9. The van der Waals surface area contributed by atoms with Gasteiger partial charge in [-0.15, -0.1) is 0 Å². The Morgan fingerprint density at radius 1 is 1.00 bits per heavy atom. The van der Waals surface area contributed by atoms with Gasteiger partial charge in [-0.05, 0) is 55.4 Å². The van der Waals surface area contributed by atoms with Crippen molar-refractivity contribution in [2.24, 2.45) is 0 Å². The first kappa shape index (κ1) is 22.4. The van der Waals surface area contributed by atoms with Gasteiger partial charge in [0.25, 0.3) is 5.91 Å². The minimum Gasteiger partial charge on any atom is -0.493 e. The third-order valence-corrected chi connectivity index (χ3v) is 5.22. The van der Waals surface area contributed by atoms with E-state index in [9.17, 15) is 4.79 Å². The first-order chi connectivity index (χ1) is 13.5. The molecule has 0 bridgehead atoms. The minimum absolute atomic E-state index is 0.148. The molecule has 0 unspecified atom stereocenters. The molecule has 0 saturated heterocycles. The lowest BCUT2D eigenvalue weighted by Gasteiger charge is -2.19. The summed E-state index contributed by atoms with van der Waals surface area (Å²) in [7, 11) is 0. The van der Waals surface area contributed by atoms with Gasteiger partial charge in [0, 0.05) is 21.9 Å². The summed E-state index contributed by atoms with van der Waals surface area (Å²) < 4.78 is 6.99. The molecule has 0 aliphatic heterocycles. The van der Waals surface area contributed by atoms with Crippen molar-refractivity contribution in [3.05, 3.63) is 50.8 Å². The lowest BCUT2D eigenvalue weighted by atomic mass is 10.0. The third-order valence-electron chi connectivity index (χ3n) is 4.76. The van der Waals surface area contributed by atoms with E-state index in [4.69, 9.17) is 9.72 Å². The lowest BCUT2D eigenvalue weighted by Crippen LogP contribution is -2.19. The molecule has 0 fully saturated rings. The Morgan fingerprint density at radius 2 is 1.64 bits per heavy atom. The largest absolute Gasteiger partial charge is 0.493 e. The van der Waals surface area contributed by atoms with Gasteiger partial charge in [-0.1, -0.05) is 50.5 Å². The summed E-state index contributed by atoms with van der Waals surface area (Å²) in [6.45, 7) is 10.9. The number of aromatic nitrogens is 1. The zero-order chi connectivity index (χ0) is 20.7. The first-order valence-corrected chi connectivity index (χ1v) is 11.1. The molecule has 0 aliphatic rings. The van der Waals surface area contributed by atoms with Gasteiger partial charge in [0.2, 0.25) is 0 Å². The maximum atomic E-state index is 13.4. The summed E-state index contributed by atoms with van der Waals surface area (Å²) in [6.07, 6.45) is 4.06. The number of carbonyl (C=O) groups excluding carboxylic acids is 1. The number of nitrogens with one attached hydrogen (secondary N) is 1. The first-order valence-electron chi connectivity index (χ1n) is 10.3. The predicted octanol–water partition coefficient (Wildman–Crippen LogP) is 6.13. The average Bonchev–Trinajstić information content (AvgIpc) is 2.71. The molecule has 0 radical (unpaired) electrons. The van der Waals surface area contributed by atoms with E-state index < -0.39 is 0 Å². The highest BCUT2D eigenvalue weighted by Crippen LogP contribution is 2.30. The molecule has 0 saturated carbocycles. The Labute approximate surface area is 177 Å². The SMILES string of the molecule is CCCOc1cc(CC)nc(CC)c1C(=O)Nc1c(CC)cc(Br)cc1CC. The summed E-state index contributed by atoms with van der Waals surface area (Å²) in [4.78, 5) is 18.0. The van der Waals surface area contributed by atoms with Crippen LogP contribution in [0.5, 0.6) is 5.75 Å². The standard InChI is InChI=1S/C23H31BrN2O2/c1-6-11-28-20-14-18(9-4)25-19(10-5)21(20)23(27)26-22-15(7-2)12-17(24)13-16(22)8-3/h12-14H,6-11H2,1-5H3,(H,26,27). The molecule has 1 N–H and O–H groups in total. The lowest BCUT2D eigenvalue weighted by molar-refractivity contribution is 0.102. The number of halogens is 1. The summed E-state index contributed by atoms with van der Waals surface area (Å²) in [5.41, 5.74) is 5.43. The Hall–Kier alpha value is -1.88. The fraction of sp³-hybridized carbons (Fsp3) is 0.478. The van der Waals surface area contributed by atoms with Crippen molar-refractivity contribution < 1.29 is 9.53 Å². The van der Waals surface area contributed by atoms with Crippen LogP contribution in [-0.4, -0.2) is 17.5 Å².